The third-order valence-corrected chi connectivity index (χ3v) is 1.88. The van der Waals surface area contributed by atoms with Gasteiger partial charge in [0.1, 0.15) is 12.1 Å². The minimum Gasteiger partial charge on any atom is -0.233 e. The lowest BCUT2D eigenvalue weighted by Crippen LogP contribution is -1.97. The van der Waals surface area contributed by atoms with Crippen molar-refractivity contribution in [3.05, 3.63) is 23.8 Å². The van der Waals surface area contributed by atoms with Gasteiger partial charge in [-0.2, -0.15) is 5.26 Å². The summed E-state index contributed by atoms with van der Waals surface area (Å²) in [6.45, 7) is 0.391. The first-order valence-electron chi connectivity index (χ1n) is 4.02. The first kappa shape index (κ1) is 8.28. The molecule has 0 aliphatic rings. The van der Waals surface area contributed by atoms with E-state index in [-0.39, 0.29) is 0 Å². The van der Waals surface area contributed by atoms with Crippen molar-refractivity contribution in [3.8, 4) is 18.4 Å². The molecule has 2 rings (SSSR count). The molecule has 0 fully saturated rings. The third-order valence-electron chi connectivity index (χ3n) is 1.88. The zero-order valence-electron chi connectivity index (χ0n) is 7.31. The molecule has 0 bridgehead atoms. The van der Waals surface area contributed by atoms with Crippen LogP contribution in [0.5, 0.6) is 0 Å². The Labute approximate surface area is 80.8 Å². The van der Waals surface area contributed by atoms with Gasteiger partial charge >= 0.3 is 0 Å². The van der Waals surface area contributed by atoms with Gasteiger partial charge in [-0.25, -0.2) is 4.68 Å². The van der Waals surface area contributed by atoms with Gasteiger partial charge in [0.2, 0.25) is 0 Å². The minimum absolute atomic E-state index is 0.391. The monoisotopic (exact) mass is 182 g/mol. The van der Waals surface area contributed by atoms with Crippen molar-refractivity contribution < 1.29 is 0 Å². The lowest BCUT2D eigenvalue weighted by atomic mass is 10.2. The Bertz CT molecular complexity index is 553. The van der Waals surface area contributed by atoms with Gasteiger partial charge in [0, 0.05) is 0 Å². The first-order valence-corrected chi connectivity index (χ1v) is 4.02. The predicted octanol–water partition coefficient (Wildman–Crippen LogP) is 0.936. The SMILES string of the molecule is C#CCn1nnc2cc(C#N)ccc21. The lowest BCUT2D eigenvalue weighted by Gasteiger charge is -1.94. The molecule has 0 amide bonds. The largest absolute Gasteiger partial charge is 0.233 e. The molecule has 2 aromatic rings. The van der Waals surface area contributed by atoms with Crippen molar-refractivity contribution >= 4 is 11.0 Å². The quantitative estimate of drug-likeness (QED) is 0.616. The Kier molecular flexibility index (Phi) is 1.89. The average Bonchev–Trinajstić information content (AvgIpc) is 2.61. The van der Waals surface area contributed by atoms with Crippen molar-refractivity contribution in [2.24, 2.45) is 0 Å². The lowest BCUT2D eigenvalue weighted by molar-refractivity contribution is 0.694. The molecule has 14 heavy (non-hydrogen) atoms. The molecule has 0 atom stereocenters. The van der Waals surface area contributed by atoms with Crippen molar-refractivity contribution in [2.45, 2.75) is 6.54 Å². The van der Waals surface area contributed by atoms with Crippen LogP contribution in [-0.2, 0) is 6.54 Å². The van der Waals surface area contributed by atoms with Crippen molar-refractivity contribution in [1.29, 1.82) is 5.26 Å². The maximum absolute atomic E-state index is 8.67. The van der Waals surface area contributed by atoms with E-state index >= 15 is 0 Å². The molecule has 1 aromatic carbocycles. The fourth-order valence-corrected chi connectivity index (χ4v) is 1.24. The summed E-state index contributed by atoms with van der Waals surface area (Å²) in [6.07, 6.45) is 5.18. The fourth-order valence-electron chi connectivity index (χ4n) is 1.24. The van der Waals surface area contributed by atoms with Gasteiger partial charge in [-0.3, -0.25) is 0 Å². The fraction of sp³-hybridized carbons (Fsp3) is 0.100. The van der Waals surface area contributed by atoms with Crippen LogP contribution in [0.1, 0.15) is 5.56 Å². The number of terminal acetylenes is 1. The van der Waals surface area contributed by atoms with E-state index in [0.29, 0.717) is 17.6 Å². The molecule has 1 heterocycles. The van der Waals surface area contributed by atoms with Crippen molar-refractivity contribution in [1.82, 2.24) is 15.0 Å². The van der Waals surface area contributed by atoms with E-state index in [1.165, 1.54) is 0 Å². The van der Waals surface area contributed by atoms with Crippen LogP contribution < -0.4 is 0 Å². The summed E-state index contributed by atoms with van der Waals surface area (Å²) in [4.78, 5) is 0. The molecule has 0 radical (unpaired) electrons. The standard InChI is InChI=1S/C10H6N4/c1-2-5-14-10-4-3-8(7-11)6-9(10)12-13-14/h1,3-4,6H,5H2. The minimum atomic E-state index is 0.391. The van der Waals surface area contributed by atoms with E-state index in [9.17, 15) is 0 Å². The highest BCUT2D eigenvalue weighted by Gasteiger charge is 2.03. The van der Waals surface area contributed by atoms with Crippen LogP contribution in [0.4, 0.5) is 0 Å². The van der Waals surface area contributed by atoms with Crippen LogP contribution >= 0.6 is 0 Å². The number of fused-ring (bicyclic) bond motifs is 1. The van der Waals surface area contributed by atoms with Gasteiger partial charge in [0.05, 0.1) is 17.1 Å². The molecule has 0 N–H and O–H groups in total. The van der Waals surface area contributed by atoms with Crippen molar-refractivity contribution in [2.75, 3.05) is 0 Å². The third kappa shape index (κ3) is 1.19. The number of nitriles is 1. The molecule has 66 valence electrons. The van der Waals surface area contributed by atoms with Gasteiger partial charge in [-0.15, -0.1) is 11.5 Å². The molecule has 4 heteroatoms. The zero-order chi connectivity index (χ0) is 9.97. The molecule has 1 aromatic heterocycles. The Hall–Kier alpha value is -2.33. The molecule has 0 aliphatic heterocycles. The van der Waals surface area contributed by atoms with Crippen LogP contribution in [0.15, 0.2) is 18.2 Å². The molecule has 4 nitrogen and oxygen atoms in total. The summed E-state index contributed by atoms with van der Waals surface area (Å²) in [5.41, 5.74) is 2.12. The number of nitrogens with zero attached hydrogens (tertiary/aromatic N) is 4. The van der Waals surface area contributed by atoms with Gasteiger partial charge in [0.15, 0.2) is 0 Å². The second kappa shape index (κ2) is 3.20. The molecule has 0 spiro atoms. The number of aromatic nitrogens is 3. The highest BCUT2D eigenvalue weighted by molar-refractivity contribution is 5.75. The van der Waals surface area contributed by atoms with Crippen LogP contribution in [0.25, 0.3) is 11.0 Å². The number of rotatable bonds is 1. The Morgan fingerprint density at radius 2 is 2.36 bits per heavy atom. The van der Waals surface area contributed by atoms with E-state index in [1.54, 1.807) is 22.9 Å². The van der Waals surface area contributed by atoms with Crippen molar-refractivity contribution in [3.63, 3.8) is 0 Å². The molecule has 0 saturated carbocycles. The van der Waals surface area contributed by atoms with Crippen LogP contribution in [0, 0.1) is 23.7 Å². The number of hydrogen-bond donors (Lipinski definition) is 0. The average molecular weight is 182 g/mol. The second-order valence-electron chi connectivity index (χ2n) is 2.77. The summed E-state index contributed by atoms with van der Waals surface area (Å²) in [5, 5.41) is 16.5. The number of benzene rings is 1. The summed E-state index contributed by atoms with van der Waals surface area (Å²) in [5.74, 6) is 2.49. The summed E-state index contributed by atoms with van der Waals surface area (Å²) in [6, 6.07) is 7.25. The molecule has 0 saturated heterocycles. The Morgan fingerprint density at radius 1 is 1.50 bits per heavy atom. The number of hydrogen-bond acceptors (Lipinski definition) is 3. The Morgan fingerprint density at radius 3 is 3.07 bits per heavy atom. The van der Waals surface area contributed by atoms with E-state index in [2.05, 4.69) is 16.2 Å². The molecular weight excluding hydrogens is 176 g/mol. The van der Waals surface area contributed by atoms with Gasteiger partial charge in [-0.05, 0) is 18.2 Å². The zero-order valence-corrected chi connectivity index (χ0v) is 7.31. The van der Waals surface area contributed by atoms with E-state index < -0.39 is 0 Å². The summed E-state index contributed by atoms with van der Waals surface area (Å²) < 4.78 is 1.62. The highest BCUT2D eigenvalue weighted by Crippen LogP contribution is 2.12. The molecular formula is C10H6N4. The maximum atomic E-state index is 8.67. The van der Waals surface area contributed by atoms with Gasteiger partial charge in [-0.1, -0.05) is 11.1 Å². The summed E-state index contributed by atoms with van der Waals surface area (Å²) >= 11 is 0. The topological polar surface area (TPSA) is 54.5 Å². The van der Waals surface area contributed by atoms with Crippen LogP contribution in [-0.4, -0.2) is 15.0 Å². The normalized spacial score (nSPS) is 9.57. The van der Waals surface area contributed by atoms with Gasteiger partial charge < -0.3 is 0 Å². The highest BCUT2D eigenvalue weighted by atomic mass is 15.4. The predicted molar refractivity (Wildman–Crippen MR) is 51.1 cm³/mol. The van der Waals surface area contributed by atoms with E-state index in [0.717, 1.165) is 5.52 Å². The van der Waals surface area contributed by atoms with E-state index in [4.69, 9.17) is 11.7 Å². The van der Waals surface area contributed by atoms with Gasteiger partial charge in [0.25, 0.3) is 0 Å². The van der Waals surface area contributed by atoms with Crippen LogP contribution in [0.2, 0.25) is 0 Å². The molecule has 0 aliphatic carbocycles. The molecule has 0 unspecified atom stereocenters. The second-order valence-corrected chi connectivity index (χ2v) is 2.77. The van der Waals surface area contributed by atoms with E-state index in [1.807, 2.05) is 6.07 Å². The first-order chi connectivity index (χ1) is 6.85. The summed E-state index contributed by atoms with van der Waals surface area (Å²) in [7, 11) is 0. The maximum Gasteiger partial charge on any atom is 0.114 e. The smallest absolute Gasteiger partial charge is 0.114 e. The Balaban J connectivity index is 2.62. The van der Waals surface area contributed by atoms with Crippen LogP contribution in [0.3, 0.4) is 0 Å².